The Hall–Kier alpha value is -1.33. The van der Waals surface area contributed by atoms with Gasteiger partial charge in [-0.05, 0) is 26.0 Å². The topological polar surface area (TPSA) is 54.8 Å². The number of aryl methyl sites for hydroxylation is 1. The minimum absolute atomic E-state index is 0.0228. The number of nitrogens with zero attached hydrogens (tertiary/aromatic N) is 2. The van der Waals surface area contributed by atoms with Crippen molar-refractivity contribution < 1.29 is 14.6 Å². The van der Waals surface area contributed by atoms with Crippen molar-refractivity contribution in [1.29, 1.82) is 0 Å². The quantitative estimate of drug-likeness (QED) is 0.869. The molecule has 1 aromatic rings. The average Bonchev–Trinajstić information content (AvgIpc) is 2.38. The smallest absolute Gasteiger partial charge is 0.171 e. The molecule has 100 valence electrons. The number of pyridine rings is 1. The van der Waals surface area contributed by atoms with E-state index in [2.05, 4.69) is 9.88 Å². The second-order valence-electron chi connectivity index (χ2n) is 4.63. The summed E-state index contributed by atoms with van der Waals surface area (Å²) in [6.45, 7) is 5.36. The van der Waals surface area contributed by atoms with E-state index in [-0.39, 0.29) is 18.8 Å². The fraction of sp³-hybridized carbons (Fsp3) is 0.615. The van der Waals surface area contributed by atoms with Crippen molar-refractivity contribution in [2.75, 3.05) is 31.7 Å². The summed E-state index contributed by atoms with van der Waals surface area (Å²) in [5, 5.41) is 9.25. The van der Waals surface area contributed by atoms with E-state index in [0.29, 0.717) is 6.54 Å². The van der Waals surface area contributed by atoms with Crippen molar-refractivity contribution in [3.8, 4) is 5.75 Å². The van der Waals surface area contributed by atoms with Gasteiger partial charge in [-0.25, -0.2) is 4.98 Å². The van der Waals surface area contributed by atoms with Crippen LogP contribution in [0, 0.1) is 6.92 Å². The van der Waals surface area contributed by atoms with E-state index in [4.69, 9.17) is 9.47 Å². The first-order chi connectivity index (χ1) is 8.63. The van der Waals surface area contributed by atoms with Gasteiger partial charge in [-0.2, -0.15) is 0 Å². The zero-order chi connectivity index (χ0) is 13.1. The summed E-state index contributed by atoms with van der Waals surface area (Å²) in [5.41, 5.74) is 0.950. The third-order valence-corrected chi connectivity index (χ3v) is 3.03. The Kier molecular flexibility index (Phi) is 4.04. The molecule has 0 unspecified atom stereocenters. The minimum Gasteiger partial charge on any atom is -0.493 e. The maximum Gasteiger partial charge on any atom is 0.171 e. The highest BCUT2D eigenvalue weighted by molar-refractivity contribution is 5.53. The fourth-order valence-electron chi connectivity index (χ4n) is 2.24. The van der Waals surface area contributed by atoms with Crippen LogP contribution in [-0.4, -0.2) is 49.1 Å². The molecular formula is C13H20N2O3. The van der Waals surface area contributed by atoms with Gasteiger partial charge >= 0.3 is 0 Å². The van der Waals surface area contributed by atoms with E-state index in [9.17, 15) is 5.11 Å². The van der Waals surface area contributed by atoms with Crippen molar-refractivity contribution in [2.24, 2.45) is 0 Å². The number of hydrogen-bond acceptors (Lipinski definition) is 5. The number of rotatable bonds is 3. The molecule has 2 atom stereocenters. The van der Waals surface area contributed by atoms with Gasteiger partial charge in [0.15, 0.2) is 11.6 Å². The average molecular weight is 252 g/mol. The lowest BCUT2D eigenvalue weighted by Gasteiger charge is -2.37. The Morgan fingerprint density at radius 1 is 1.50 bits per heavy atom. The van der Waals surface area contributed by atoms with Crippen LogP contribution < -0.4 is 9.64 Å². The first kappa shape index (κ1) is 13.1. The molecule has 0 bridgehead atoms. The van der Waals surface area contributed by atoms with Crippen LogP contribution in [0.1, 0.15) is 12.6 Å². The fourth-order valence-corrected chi connectivity index (χ4v) is 2.24. The first-order valence-electron chi connectivity index (χ1n) is 6.17. The second-order valence-corrected chi connectivity index (χ2v) is 4.63. The summed E-state index contributed by atoms with van der Waals surface area (Å²) >= 11 is 0. The van der Waals surface area contributed by atoms with E-state index in [0.717, 1.165) is 23.8 Å². The molecule has 5 nitrogen and oxygen atoms in total. The van der Waals surface area contributed by atoms with E-state index in [1.54, 1.807) is 7.11 Å². The van der Waals surface area contributed by atoms with Crippen molar-refractivity contribution in [3.63, 3.8) is 0 Å². The van der Waals surface area contributed by atoms with Gasteiger partial charge in [-0.1, -0.05) is 0 Å². The zero-order valence-electron chi connectivity index (χ0n) is 11.1. The molecule has 18 heavy (non-hydrogen) atoms. The van der Waals surface area contributed by atoms with Crippen LogP contribution in [0.3, 0.4) is 0 Å². The van der Waals surface area contributed by atoms with Gasteiger partial charge in [-0.3, -0.25) is 0 Å². The predicted octanol–water partition coefficient (Wildman–Crippen LogP) is 0.985. The van der Waals surface area contributed by atoms with Crippen LogP contribution in [0.25, 0.3) is 0 Å². The molecule has 1 aromatic heterocycles. The van der Waals surface area contributed by atoms with Crippen molar-refractivity contribution in [2.45, 2.75) is 26.1 Å². The maximum absolute atomic E-state index is 9.25. The molecule has 1 aliphatic rings. The van der Waals surface area contributed by atoms with E-state index >= 15 is 0 Å². The Morgan fingerprint density at radius 2 is 2.28 bits per heavy atom. The van der Waals surface area contributed by atoms with Gasteiger partial charge in [0.25, 0.3) is 0 Å². The summed E-state index contributed by atoms with van der Waals surface area (Å²) in [6, 6.07) is 3.85. The van der Waals surface area contributed by atoms with Crippen molar-refractivity contribution in [3.05, 3.63) is 17.8 Å². The molecule has 1 aliphatic heterocycles. The van der Waals surface area contributed by atoms with Gasteiger partial charge < -0.3 is 19.5 Å². The number of ether oxygens (including phenoxy) is 2. The molecule has 0 radical (unpaired) electrons. The molecule has 0 amide bonds. The number of hydrogen-bond donors (Lipinski definition) is 1. The van der Waals surface area contributed by atoms with Crippen LogP contribution in [0.5, 0.6) is 5.75 Å². The molecular weight excluding hydrogens is 232 g/mol. The molecule has 0 saturated carbocycles. The molecule has 0 aromatic carbocycles. The summed E-state index contributed by atoms with van der Waals surface area (Å²) in [6.07, 6.45) is -0.0938. The normalized spacial score (nSPS) is 24.1. The molecule has 1 N–H and O–H groups in total. The Labute approximate surface area is 107 Å². The third-order valence-electron chi connectivity index (χ3n) is 3.03. The number of aliphatic hydroxyl groups excluding tert-OH is 1. The Balaban J connectivity index is 2.26. The van der Waals surface area contributed by atoms with Crippen LogP contribution >= 0.6 is 0 Å². The minimum atomic E-state index is -0.166. The number of aromatic nitrogens is 1. The number of anilines is 1. The van der Waals surface area contributed by atoms with E-state index in [1.165, 1.54) is 0 Å². The third kappa shape index (κ3) is 2.73. The molecule has 1 saturated heterocycles. The van der Waals surface area contributed by atoms with Crippen molar-refractivity contribution in [1.82, 2.24) is 4.98 Å². The molecule has 0 spiro atoms. The van der Waals surface area contributed by atoms with Gasteiger partial charge in [0.05, 0.1) is 25.9 Å². The zero-order valence-corrected chi connectivity index (χ0v) is 11.1. The van der Waals surface area contributed by atoms with Gasteiger partial charge in [-0.15, -0.1) is 0 Å². The van der Waals surface area contributed by atoms with Crippen LogP contribution in [0.15, 0.2) is 12.1 Å². The Bertz CT molecular complexity index is 411. The molecule has 5 heteroatoms. The van der Waals surface area contributed by atoms with Gasteiger partial charge in [0.2, 0.25) is 0 Å². The lowest BCUT2D eigenvalue weighted by Crippen LogP contribution is -2.48. The summed E-state index contributed by atoms with van der Waals surface area (Å²) in [5.74, 6) is 1.58. The standard InChI is InChI=1S/C13H20N2O3/c1-9-4-5-12(17-3)13(14-9)15-6-10(2)18-11(7-15)8-16/h4-5,10-11,16H,6-8H2,1-3H3/t10-,11-/m0/s1. The van der Waals surface area contributed by atoms with Crippen LogP contribution in [0.4, 0.5) is 5.82 Å². The second kappa shape index (κ2) is 5.54. The van der Waals surface area contributed by atoms with Crippen molar-refractivity contribution >= 4 is 5.82 Å². The monoisotopic (exact) mass is 252 g/mol. The molecule has 2 rings (SSSR count). The van der Waals surface area contributed by atoms with E-state index in [1.807, 2.05) is 26.0 Å². The summed E-state index contributed by atoms with van der Waals surface area (Å²) < 4.78 is 11.0. The number of morpholine rings is 1. The first-order valence-corrected chi connectivity index (χ1v) is 6.17. The van der Waals surface area contributed by atoms with Crippen LogP contribution in [-0.2, 0) is 4.74 Å². The van der Waals surface area contributed by atoms with E-state index < -0.39 is 0 Å². The van der Waals surface area contributed by atoms with Gasteiger partial charge in [0.1, 0.15) is 0 Å². The highest BCUT2D eigenvalue weighted by atomic mass is 16.5. The number of aliphatic hydroxyl groups is 1. The number of methoxy groups -OCH3 is 1. The molecule has 2 heterocycles. The molecule has 0 aliphatic carbocycles. The van der Waals surface area contributed by atoms with Crippen LogP contribution in [0.2, 0.25) is 0 Å². The highest BCUT2D eigenvalue weighted by Gasteiger charge is 2.27. The summed E-state index contributed by atoms with van der Waals surface area (Å²) in [7, 11) is 1.64. The molecule has 1 fully saturated rings. The largest absolute Gasteiger partial charge is 0.493 e. The Morgan fingerprint density at radius 3 is 2.94 bits per heavy atom. The SMILES string of the molecule is COc1ccc(C)nc1N1C[C@@H](CO)O[C@@H](C)C1. The van der Waals surface area contributed by atoms with Gasteiger partial charge in [0, 0.05) is 18.8 Å². The lowest BCUT2D eigenvalue weighted by atomic mass is 10.2. The maximum atomic E-state index is 9.25. The lowest BCUT2D eigenvalue weighted by molar-refractivity contribution is -0.0423. The summed E-state index contributed by atoms with van der Waals surface area (Å²) in [4.78, 5) is 6.65. The highest BCUT2D eigenvalue weighted by Crippen LogP contribution is 2.28. The predicted molar refractivity (Wildman–Crippen MR) is 69.2 cm³/mol.